The van der Waals surface area contributed by atoms with Crippen LogP contribution in [0.25, 0.3) is 11.8 Å². The highest BCUT2D eigenvalue weighted by molar-refractivity contribution is 8.27. The van der Waals surface area contributed by atoms with Crippen molar-refractivity contribution in [2.45, 2.75) is 59.9 Å². The molecule has 0 atom stereocenters. The molecule has 0 radical (unpaired) electrons. The molecule has 4 heterocycles. The van der Waals surface area contributed by atoms with E-state index in [0.717, 1.165) is 56.4 Å². The summed E-state index contributed by atoms with van der Waals surface area (Å²) in [6.07, 6.45) is 5.42. The molecule has 0 unspecified atom stereocenters. The minimum Gasteiger partial charge on any atom is -0.357 e. The van der Waals surface area contributed by atoms with Crippen LogP contribution < -0.4 is 20.9 Å². The zero-order valence-electron chi connectivity index (χ0n) is 25.2. The van der Waals surface area contributed by atoms with Gasteiger partial charge in [-0.1, -0.05) is 62.4 Å². The first-order chi connectivity index (χ1) is 20.6. The van der Waals surface area contributed by atoms with Gasteiger partial charge in [0.2, 0.25) is 0 Å². The van der Waals surface area contributed by atoms with Gasteiger partial charge in [0.15, 0.2) is 4.32 Å². The zero-order valence-corrected chi connectivity index (χ0v) is 26.8. The molecule has 5 rings (SSSR count). The summed E-state index contributed by atoms with van der Waals surface area (Å²) in [5.74, 6) is 0.929. The molecular formula is C32H36N6O3S2. The van der Waals surface area contributed by atoms with Crippen LogP contribution >= 0.6 is 24.0 Å². The van der Waals surface area contributed by atoms with Crippen LogP contribution in [0.1, 0.15) is 61.9 Å². The fourth-order valence-electron chi connectivity index (χ4n) is 5.83. The Labute approximate surface area is 261 Å². The lowest BCUT2D eigenvalue weighted by Gasteiger charge is -2.35. The van der Waals surface area contributed by atoms with E-state index in [1.807, 2.05) is 30.3 Å². The van der Waals surface area contributed by atoms with Crippen molar-refractivity contribution in [1.82, 2.24) is 13.9 Å². The van der Waals surface area contributed by atoms with E-state index >= 15 is 0 Å². The molecule has 2 aliphatic heterocycles. The van der Waals surface area contributed by atoms with E-state index in [9.17, 15) is 19.6 Å². The first kappa shape index (κ1) is 30.6. The first-order valence-corrected chi connectivity index (χ1v) is 15.9. The molecule has 0 bridgehead atoms. The van der Waals surface area contributed by atoms with Gasteiger partial charge in [-0.3, -0.25) is 28.5 Å². The van der Waals surface area contributed by atoms with Crippen molar-refractivity contribution in [1.29, 1.82) is 5.26 Å². The van der Waals surface area contributed by atoms with Crippen LogP contribution in [0.15, 0.2) is 44.8 Å². The van der Waals surface area contributed by atoms with Gasteiger partial charge in [-0.25, -0.2) is 4.68 Å². The maximum absolute atomic E-state index is 14.0. The molecule has 2 aromatic heterocycles. The number of anilines is 2. The Bertz CT molecular complexity index is 1790. The van der Waals surface area contributed by atoms with Crippen molar-refractivity contribution >= 4 is 51.8 Å². The number of nitrogens with zero attached hydrogens (tertiary/aromatic N) is 6. The fourth-order valence-corrected chi connectivity index (χ4v) is 7.08. The van der Waals surface area contributed by atoms with Gasteiger partial charge in [-0.2, -0.15) is 5.26 Å². The number of hydrogen-bond acceptors (Lipinski definition) is 7. The molecular weight excluding hydrogens is 581 g/mol. The number of aromatic nitrogens is 3. The summed E-state index contributed by atoms with van der Waals surface area (Å²) in [5.41, 5.74) is 2.15. The number of carbonyl (C=O) groups is 1. The maximum Gasteiger partial charge on any atom is 0.296 e. The number of hydrogen-bond donors (Lipinski definition) is 0. The van der Waals surface area contributed by atoms with E-state index in [1.54, 1.807) is 36.2 Å². The number of thiocarbonyl (C=S) groups is 1. The average Bonchev–Trinajstić information content (AvgIpc) is 3.39. The lowest BCUT2D eigenvalue weighted by molar-refractivity contribution is -0.113. The third-order valence-corrected chi connectivity index (χ3v) is 9.78. The van der Waals surface area contributed by atoms with Crippen molar-refractivity contribution in [2.24, 2.45) is 13.0 Å². The Morgan fingerprint density at radius 2 is 1.77 bits per heavy atom. The maximum atomic E-state index is 14.0. The number of pyridine rings is 1. The Balaban J connectivity index is 1.66. The van der Waals surface area contributed by atoms with E-state index in [4.69, 9.17) is 12.2 Å². The zero-order chi connectivity index (χ0) is 31.0. The molecule has 0 saturated carbocycles. The summed E-state index contributed by atoms with van der Waals surface area (Å²) in [4.78, 5) is 45.2. The highest BCUT2D eigenvalue weighted by Gasteiger charge is 2.38. The SMILES string of the molecule is CCCCn1c(N2CCC(C)CC2)c(C=C2SC(=S)N(c3c(C)n(C)n(-c4ccccc4)c3=O)C2=O)c(C)c(C#N)c1=O. The van der Waals surface area contributed by atoms with Gasteiger partial charge in [0.25, 0.3) is 17.0 Å². The van der Waals surface area contributed by atoms with Gasteiger partial charge in [-0.05, 0) is 62.8 Å². The minimum atomic E-state index is -0.400. The summed E-state index contributed by atoms with van der Waals surface area (Å²) in [6.45, 7) is 9.90. The second-order valence-corrected chi connectivity index (χ2v) is 12.9. The smallest absolute Gasteiger partial charge is 0.296 e. The largest absolute Gasteiger partial charge is 0.357 e. The van der Waals surface area contributed by atoms with E-state index < -0.39 is 5.91 Å². The van der Waals surface area contributed by atoms with Crippen LogP contribution in [-0.4, -0.2) is 37.2 Å². The third kappa shape index (κ3) is 5.38. The quantitative estimate of drug-likeness (QED) is 0.264. The van der Waals surface area contributed by atoms with Gasteiger partial charge < -0.3 is 4.90 Å². The summed E-state index contributed by atoms with van der Waals surface area (Å²) < 4.78 is 5.22. The first-order valence-electron chi connectivity index (χ1n) is 14.6. The lowest BCUT2D eigenvalue weighted by atomic mass is 9.97. The highest BCUT2D eigenvalue weighted by Crippen LogP contribution is 2.39. The van der Waals surface area contributed by atoms with Crippen LogP contribution in [0.2, 0.25) is 0 Å². The molecule has 2 saturated heterocycles. The molecule has 0 spiro atoms. The molecule has 3 aromatic rings. The Morgan fingerprint density at radius 3 is 2.40 bits per heavy atom. The number of amides is 1. The number of unbranched alkanes of at least 4 members (excludes halogenated alkanes) is 1. The predicted molar refractivity (Wildman–Crippen MR) is 177 cm³/mol. The normalized spacial score (nSPS) is 16.9. The molecule has 0 aliphatic carbocycles. The number of para-hydroxylation sites is 1. The number of carbonyl (C=O) groups excluding carboxylic acids is 1. The van der Waals surface area contributed by atoms with Crippen LogP contribution in [0, 0.1) is 31.1 Å². The van der Waals surface area contributed by atoms with Crippen molar-refractivity contribution < 1.29 is 4.79 Å². The minimum absolute atomic E-state index is 0.0802. The highest BCUT2D eigenvalue weighted by atomic mass is 32.2. The Morgan fingerprint density at radius 1 is 1.09 bits per heavy atom. The molecule has 11 heteroatoms. The van der Waals surface area contributed by atoms with Crippen LogP contribution in [-0.2, 0) is 18.4 Å². The predicted octanol–water partition coefficient (Wildman–Crippen LogP) is 5.27. The van der Waals surface area contributed by atoms with Crippen LogP contribution in [0.3, 0.4) is 0 Å². The van der Waals surface area contributed by atoms with Gasteiger partial charge in [-0.15, -0.1) is 0 Å². The number of benzene rings is 1. The van der Waals surface area contributed by atoms with Gasteiger partial charge in [0.05, 0.1) is 16.3 Å². The number of nitriles is 1. The van der Waals surface area contributed by atoms with Crippen molar-refractivity contribution in [2.75, 3.05) is 22.9 Å². The van der Waals surface area contributed by atoms with E-state index in [1.165, 1.54) is 9.58 Å². The molecule has 43 heavy (non-hydrogen) atoms. The summed E-state index contributed by atoms with van der Waals surface area (Å²) in [5, 5.41) is 10.0. The van der Waals surface area contributed by atoms with Gasteiger partial charge >= 0.3 is 0 Å². The molecule has 224 valence electrons. The molecule has 2 fully saturated rings. The third-order valence-electron chi connectivity index (χ3n) is 8.48. The van der Waals surface area contributed by atoms with E-state index in [2.05, 4.69) is 24.8 Å². The Hall–Kier alpha value is -3.88. The standard InChI is InChI=1S/C32H36N6O3S2/c1-6-7-15-36-28(35-16-13-20(2)14-17-35)24(21(3)25(19-33)29(36)39)18-26-30(40)37(32(42)43-26)27-22(4)34(5)38(31(27)41)23-11-9-8-10-12-23/h8-12,18,20H,6-7,13-17H2,1-5H3. The number of rotatable bonds is 7. The summed E-state index contributed by atoms with van der Waals surface area (Å²) in [6, 6.07) is 11.4. The number of piperidine rings is 1. The van der Waals surface area contributed by atoms with Gasteiger partial charge in [0, 0.05) is 32.2 Å². The lowest BCUT2D eigenvalue weighted by Crippen LogP contribution is -2.39. The average molecular weight is 617 g/mol. The molecule has 1 aromatic carbocycles. The molecule has 0 N–H and O–H groups in total. The van der Waals surface area contributed by atoms with Crippen molar-refractivity contribution in [3.05, 3.63) is 78.3 Å². The second kappa shape index (κ2) is 12.4. The summed E-state index contributed by atoms with van der Waals surface area (Å²) in [7, 11) is 1.78. The van der Waals surface area contributed by atoms with E-state index in [0.29, 0.717) is 39.9 Å². The van der Waals surface area contributed by atoms with Gasteiger partial charge in [0.1, 0.15) is 23.1 Å². The number of thioether (sulfide) groups is 1. The molecule has 1 amide bonds. The van der Waals surface area contributed by atoms with Crippen LogP contribution in [0.4, 0.5) is 11.5 Å². The van der Waals surface area contributed by atoms with Crippen molar-refractivity contribution in [3.63, 3.8) is 0 Å². The summed E-state index contributed by atoms with van der Waals surface area (Å²) >= 11 is 6.82. The van der Waals surface area contributed by atoms with E-state index in [-0.39, 0.29) is 26.7 Å². The fraction of sp³-hybridized carbons (Fsp3) is 0.406. The van der Waals surface area contributed by atoms with Crippen LogP contribution in [0.5, 0.6) is 0 Å². The second-order valence-electron chi connectivity index (χ2n) is 11.3. The van der Waals surface area contributed by atoms with Crippen molar-refractivity contribution in [3.8, 4) is 11.8 Å². The Kier molecular flexibility index (Phi) is 8.81. The molecule has 2 aliphatic rings. The monoisotopic (exact) mass is 616 g/mol. The molecule has 9 nitrogen and oxygen atoms in total. The topological polar surface area (TPSA) is 96.3 Å².